The molecule has 2 heterocycles. The molecule has 0 spiro atoms. The summed E-state index contributed by atoms with van der Waals surface area (Å²) in [5, 5.41) is 2.88. The minimum atomic E-state index is -0.796. The van der Waals surface area contributed by atoms with Crippen LogP contribution in [0.25, 0.3) is 0 Å². The van der Waals surface area contributed by atoms with Crippen LogP contribution in [0.4, 0.5) is 10.5 Å². The summed E-state index contributed by atoms with van der Waals surface area (Å²) in [5.74, 6) is 0.300. The van der Waals surface area contributed by atoms with Crippen molar-refractivity contribution in [3.05, 3.63) is 95.1 Å². The molecule has 2 atom stereocenters. The van der Waals surface area contributed by atoms with Crippen molar-refractivity contribution in [1.29, 1.82) is 0 Å². The van der Waals surface area contributed by atoms with Gasteiger partial charge < -0.3 is 24.6 Å². The number of anilines is 1. The molecular formula is C31H34N4O5. The first-order valence-electron chi connectivity index (χ1n) is 13.4. The third kappa shape index (κ3) is 5.79. The van der Waals surface area contributed by atoms with Gasteiger partial charge in [0.05, 0.1) is 13.7 Å². The number of benzene rings is 3. The van der Waals surface area contributed by atoms with Crippen molar-refractivity contribution in [3.63, 3.8) is 0 Å². The number of amides is 3. The molecule has 3 aromatic rings. The van der Waals surface area contributed by atoms with Gasteiger partial charge >= 0.3 is 6.09 Å². The lowest BCUT2D eigenvalue weighted by atomic mass is 9.99. The first-order chi connectivity index (χ1) is 19.3. The van der Waals surface area contributed by atoms with Crippen LogP contribution in [0, 0.1) is 6.92 Å². The van der Waals surface area contributed by atoms with E-state index in [0.29, 0.717) is 35.7 Å². The number of hydrogen-bond acceptors (Lipinski definition) is 6. The lowest BCUT2D eigenvalue weighted by Crippen LogP contribution is -2.54. The molecule has 0 aliphatic carbocycles. The van der Waals surface area contributed by atoms with E-state index in [1.807, 2.05) is 43.1 Å². The second-order valence-electron chi connectivity index (χ2n) is 10.2. The number of rotatable bonds is 7. The molecule has 1 N–H and O–H groups in total. The van der Waals surface area contributed by atoms with Crippen LogP contribution in [0.15, 0.2) is 72.8 Å². The van der Waals surface area contributed by atoms with Gasteiger partial charge in [0.15, 0.2) is 12.1 Å². The van der Waals surface area contributed by atoms with Gasteiger partial charge in [0.1, 0.15) is 5.75 Å². The number of carbonyl (C=O) groups excluding carboxylic acids is 3. The Balaban J connectivity index is 1.37. The maximum absolute atomic E-state index is 13.9. The van der Waals surface area contributed by atoms with Crippen molar-refractivity contribution in [2.24, 2.45) is 0 Å². The Hall–Kier alpha value is -4.37. The van der Waals surface area contributed by atoms with Gasteiger partial charge in [0.25, 0.3) is 5.91 Å². The average molecular weight is 543 g/mol. The number of nitrogens with zero attached hydrogens (tertiary/aromatic N) is 3. The van der Waals surface area contributed by atoms with Gasteiger partial charge in [-0.3, -0.25) is 14.5 Å². The summed E-state index contributed by atoms with van der Waals surface area (Å²) in [5.41, 5.74) is 3.79. The van der Waals surface area contributed by atoms with E-state index in [1.54, 1.807) is 60.5 Å². The second-order valence-corrected chi connectivity index (χ2v) is 10.2. The number of carbonyl (C=O) groups is 3. The highest BCUT2D eigenvalue weighted by molar-refractivity contribution is 6.04. The van der Waals surface area contributed by atoms with Crippen molar-refractivity contribution < 1.29 is 23.9 Å². The molecular weight excluding hydrogens is 508 g/mol. The predicted molar refractivity (Wildman–Crippen MR) is 151 cm³/mol. The maximum atomic E-state index is 13.9. The summed E-state index contributed by atoms with van der Waals surface area (Å²) < 4.78 is 11.0. The van der Waals surface area contributed by atoms with Gasteiger partial charge in [0.2, 0.25) is 5.91 Å². The Morgan fingerprint density at radius 2 is 1.62 bits per heavy atom. The molecule has 2 aliphatic heterocycles. The highest BCUT2D eigenvalue weighted by Crippen LogP contribution is 2.36. The number of piperazine rings is 1. The number of aryl methyl sites for hydroxylation is 1. The van der Waals surface area contributed by atoms with Crippen LogP contribution in [0.2, 0.25) is 0 Å². The van der Waals surface area contributed by atoms with E-state index in [-0.39, 0.29) is 18.4 Å². The normalized spacial score (nSPS) is 19.3. The number of hydrogen-bond donors (Lipinski definition) is 1. The molecule has 208 valence electrons. The summed E-state index contributed by atoms with van der Waals surface area (Å²) in [6.45, 7) is 5.02. The number of ether oxygens (including phenoxy) is 2. The van der Waals surface area contributed by atoms with Crippen molar-refractivity contribution in [3.8, 4) is 5.75 Å². The van der Waals surface area contributed by atoms with Crippen LogP contribution in [-0.4, -0.2) is 79.0 Å². The highest BCUT2D eigenvalue weighted by atomic mass is 16.6. The monoisotopic (exact) mass is 542 g/mol. The zero-order valence-corrected chi connectivity index (χ0v) is 23.0. The van der Waals surface area contributed by atoms with Gasteiger partial charge in [0, 0.05) is 37.4 Å². The Labute approximate surface area is 234 Å². The van der Waals surface area contributed by atoms with Gasteiger partial charge in [-0.2, -0.15) is 0 Å². The lowest BCUT2D eigenvalue weighted by Gasteiger charge is -2.36. The molecule has 0 aromatic heterocycles. The van der Waals surface area contributed by atoms with Gasteiger partial charge in [-0.05, 0) is 67.1 Å². The molecule has 3 aromatic carbocycles. The largest absolute Gasteiger partial charge is 0.497 e. The van der Waals surface area contributed by atoms with Crippen LogP contribution in [0.5, 0.6) is 5.75 Å². The molecule has 40 heavy (non-hydrogen) atoms. The van der Waals surface area contributed by atoms with E-state index in [1.165, 1.54) is 0 Å². The topological polar surface area (TPSA) is 91.4 Å². The Morgan fingerprint density at radius 1 is 0.950 bits per heavy atom. The Morgan fingerprint density at radius 3 is 2.27 bits per heavy atom. The van der Waals surface area contributed by atoms with Crippen molar-refractivity contribution in [1.82, 2.24) is 14.7 Å². The van der Waals surface area contributed by atoms with E-state index >= 15 is 0 Å². The molecule has 5 rings (SSSR count). The van der Waals surface area contributed by atoms with Crippen LogP contribution < -0.4 is 10.1 Å². The third-order valence-corrected chi connectivity index (χ3v) is 7.60. The van der Waals surface area contributed by atoms with E-state index in [0.717, 1.165) is 24.2 Å². The zero-order valence-electron chi connectivity index (χ0n) is 23.0. The SMILES string of the molecule is COc1ccc(C(=O)Nc2ccc([C@@H]3OC(=O)N(Cc4ccccc4C)[C@@H]3C(=O)N3CCN(C)CC3)cc2)cc1. The summed E-state index contributed by atoms with van der Waals surface area (Å²) in [6, 6.07) is 21.0. The van der Waals surface area contributed by atoms with Crippen LogP contribution in [-0.2, 0) is 16.1 Å². The predicted octanol–water partition coefficient (Wildman–Crippen LogP) is 4.09. The van der Waals surface area contributed by atoms with Crippen molar-refractivity contribution in [2.75, 3.05) is 45.7 Å². The molecule has 0 radical (unpaired) electrons. The zero-order chi connectivity index (χ0) is 28.2. The summed E-state index contributed by atoms with van der Waals surface area (Å²) in [6.07, 6.45) is -1.28. The van der Waals surface area contributed by atoms with Gasteiger partial charge in [-0.15, -0.1) is 0 Å². The number of methoxy groups -OCH3 is 1. The highest BCUT2D eigenvalue weighted by Gasteiger charge is 2.48. The fourth-order valence-corrected chi connectivity index (χ4v) is 5.08. The van der Waals surface area contributed by atoms with E-state index in [9.17, 15) is 14.4 Å². The number of cyclic esters (lactones) is 1. The minimum Gasteiger partial charge on any atom is -0.497 e. The van der Waals surface area contributed by atoms with E-state index < -0.39 is 18.2 Å². The first kappa shape index (κ1) is 27.2. The molecule has 2 saturated heterocycles. The van der Waals surface area contributed by atoms with Crippen molar-refractivity contribution in [2.45, 2.75) is 25.6 Å². The molecule has 2 fully saturated rings. The molecule has 3 amide bonds. The van der Waals surface area contributed by atoms with E-state index in [2.05, 4.69) is 10.2 Å². The van der Waals surface area contributed by atoms with Crippen molar-refractivity contribution >= 4 is 23.6 Å². The van der Waals surface area contributed by atoms with Gasteiger partial charge in [-0.1, -0.05) is 36.4 Å². The smallest absolute Gasteiger partial charge is 0.411 e. The van der Waals surface area contributed by atoms with Gasteiger partial charge in [-0.25, -0.2) is 4.79 Å². The van der Waals surface area contributed by atoms with E-state index in [4.69, 9.17) is 9.47 Å². The van der Waals surface area contributed by atoms with Crippen LogP contribution in [0.3, 0.4) is 0 Å². The Bertz CT molecular complexity index is 1370. The number of nitrogens with one attached hydrogen (secondary N) is 1. The molecule has 0 bridgehead atoms. The summed E-state index contributed by atoms with van der Waals surface area (Å²) >= 11 is 0. The summed E-state index contributed by atoms with van der Waals surface area (Å²) in [4.78, 5) is 45.4. The maximum Gasteiger partial charge on any atom is 0.411 e. The molecule has 0 unspecified atom stereocenters. The van der Waals surface area contributed by atoms with Crippen LogP contribution in [0.1, 0.15) is 33.2 Å². The molecule has 9 heteroatoms. The fraction of sp³-hybridized carbons (Fsp3) is 0.323. The fourth-order valence-electron chi connectivity index (χ4n) is 5.08. The standard InChI is InChI=1S/C31H34N4O5/c1-21-6-4-5-7-24(21)20-35-27(30(37)34-18-16-33(2)17-19-34)28(40-31(35)38)22-8-12-25(13-9-22)32-29(36)23-10-14-26(39-3)15-11-23/h4-15,27-28H,16-20H2,1-3H3,(H,32,36)/t27-,28-/m0/s1. The minimum absolute atomic E-state index is 0.116. The van der Waals surface area contributed by atoms with Crippen LogP contribution >= 0.6 is 0 Å². The quantitative estimate of drug-likeness (QED) is 0.484. The number of likely N-dealkylation sites (N-methyl/N-ethyl adjacent to an activating group) is 1. The lowest BCUT2D eigenvalue weighted by molar-refractivity contribution is -0.138. The first-order valence-corrected chi connectivity index (χ1v) is 13.4. The second kappa shape index (κ2) is 11.8. The average Bonchev–Trinajstić information content (AvgIpc) is 3.30. The molecule has 0 saturated carbocycles. The molecule has 9 nitrogen and oxygen atoms in total. The molecule has 2 aliphatic rings. The third-order valence-electron chi connectivity index (χ3n) is 7.60. The Kier molecular flexibility index (Phi) is 8.02. The summed E-state index contributed by atoms with van der Waals surface area (Å²) in [7, 11) is 3.61.